The third-order valence-electron chi connectivity index (χ3n) is 3.47. The predicted octanol–water partition coefficient (Wildman–Crippen LogP) is 3.67. The van der Waals surface area contributed by atoms with E-state index in [4.69, 9.17) is 5.73 Å². The molecule has 0 spiro atoms. The van der Waals surface area contributed by atoms with E-state index >= 15 is 0 Å². The molecule has 116 valence electrons. The number of sulfone groups is 1. The van der Waals surface area contributed by atoms with Crippen LogP contribution in [0, 0.1) is 0 Å². The van der Waals surface area contributed by atoms with Gasteiger partial charge in [-0.25, -0.2) is 8.42 Å². The maximum absolute atomic E-state index is 11.6. The van der Waals surface area contributed by atoms with E-state index in [2.05, 4.69) is 6.92 Å². The Morgan fingerprint density at radius 3 is 1.58 bits per heavy atom. The minimum absolute atomic E-state index is 0.265. The molecule has 0 amide bonds. The standard InChI is InChI=1S/C15H33NO2S/c1-2-3-4-5-6-7-8-9-10-11-14-19(17,18)15-12-13-16/h2-16H2,1H3. The fraction of sp³-hybridized carbons (Fsp3) is 1.00. The van der Waals surface area contributed by atoms with E-state index in [1.807, 2.05) is 0 Å². The molecule has 4 heteroatoms. The maximum Gasteiger partial charge on any atom is 0.150 e. The van der Waals surface area contributed by atoms with Gasteiger partial charge in [-0.2, -0.15) is 0 Å². The summed E-state index contributed by atoms with van der Waals surface area (Å²) >= 11 is 0. The lowest BCUT2D eigenvalue weighted by molar-refractivity contribution is 0.557. The van der Waals surface area contributed by atoms with Crippen LogP contribution in [0.25, 0.3) is 0 Å². The number of hydrogen-bond acceptors (Lipinski definition) is 3. The lowest BCUT2D eigenvalue weighted by Gasteiger charge is -2.04. The van der Waals surface area contributed by atoms with Gasteiger partial charge in [0.2, 0.25) is 0 Å². The van der Waals surface area contributed by atoms with Gasteiger partial charge in [0.1, 0.15) is 9.84 Å². The van der Waals surface area contributed by atoms with Crippen LogP contribution >= 0.6 is 0 Å². The van der Waals surface area contributed by atoms with Crippen molar-refractivity contribution in [1.82, 2.24) is 0 Å². The maximum atomic E-state index is 11.6. The Morgan fingerprint density at radius 2 is 1.11 bits per heavy atom. The molecule has 0 aromatic rings. The topological polar surface area (TPSA) is 60.2 Å². The SMILES string of the molecule is CCCCCCCCCCCCS(=O)(=O)CCCN. The van der Waals surface area contributed by atoms with Gasteiger partial charge in [0.15, 0.2) is 0 Å². The van der Waals surface area contributed by atoms with Crippen LogP contribution < -0.4 is 5.73 Å². The van der Waals surface area contributed by atoms with Gasteiger partial charge >= 0.3 is 0 Å². The first-order chi connectivity index (χ1) is 9.12. The van der Waals surface area contributed by atoms with E-state index in [1.54, 1.807) is 0 Å². The smallest absolute Gasteiger partial charge is 0.150 e. The van der Waals surface area contributed by atoms with Crippen LogP contribution in [0.1, 0.15) is 77.6 Å². The molecule has 0 fully saturated rings. The van der Waals surface area contributed by atoms with Crippen LogP contribution in [0.2, 0.25) is 0 Å². The summed E-state index contributed by atoms with van der Waals surface area (Å²) in [5.74, 6) is 0.616. The molecule has 0 aliphatic heterocycles. The number of nitrogens with two attached hydrogens (primary N) is 1. The normalized spacial score (nSPS) is 11.9. The monoisotopic (exact) mass is 291 g/mol. The Bertz CT molecular complexity index is 276. The molecule has 0 aromatic carbocycles. The van der Waals surface area contributed by atoms with E-state index in [0.29, 0.717) is 18.7 Å². The molecule has 0 bridgehead atoms. The summed E-state index contributed by atoms with van der Waals surface area (Å²) in [6, 6.07) is 0. The van der Waals surface area contributed by atoms with Gasteiger partial charge in [-0.15, -0.1) is 0 Å². The van der Waals surface area contributed by atoms with Crippen molar-refractivity contribution in [2.45, 2.75) is 77.6 Å². The first-order valence-corrected chi connectivity index (χ1v) is 9.85. The van der Waals surface area contributed by atoms with Gasteiger partial charge in [0.05, 0.1) is 11.5 Å². The van der Waals surface area contributed by atoms with Gasteiger partial charge < -0.3 is 5.73 Å². The molecule has 0 aliphatic rings. The molecule has 19 heavy (non-hydrogen) atoms. The summed E-state index contributed by atoms with van der Waals surface area (Å²) < 4.78 is 23.1. The molecule has 2 N–H and O–H groups in total. The third kappa shape index (κ3) is 14.1. The average Bonchev–Trinajstić information content (AvgIpc) is 2.38. The van der Waals surface area contributed by atoms with E-state index in [1.165, 1.54) is 51.4 Å². The van der Waals surface area contributed by atoms with Gasteiger partial charge in [0.25, 0.3) is 0 Å². The van der Waals surface area contributed by atoms with Crippen molar-refractivity contribution in [2.75, 3.05) is 18.1 Å². The zero-order valence-electron chi connectivity index (χ0n) is 12.7. The van der Waals surface area contributed by atoms with Crippen LogP contribution in [0.4, 0.5) is 0 Å². The van der Waals surface area contributed by atoms with E-state index < -0.39 is 9.84 Å². The first-order valence-electron chi connectivity index (χ1n) is 8.03. The molecule has 0 radical (unpaired) electrons. The minimum atomic E-state index is -2.83. The van der Waals surface area contributed by atoms with Crippen LogP contribution in [0.3, 0.4) is 0 Å². The summed E-state index contributed by atoms with van der Waals surface area (Å²) in [4.78, 5) is 0. The molecular formula is C15H33NO2S. The lowest BCUT2D eigenvalue weighted by Crippen LogP contribution is -2.14. The Kier molecular flexibility index (Phi) is 12.9. The first kappa shape index (κ1) is 18.9. The third-order valence-corrected chi connectivity index (χ3v) is 5.29. The van der Waals surface area contributed by atoms with E-state index in [9.17, 15) is 8.42 Å². The molecule has 3 nitrogen and oxygen atoms in total. The van der Waals surface area contributed by atoms with Crippen LogP contribution in [0.5, 0.6) is 0 Å². The Morgan fingerprint density at radius 1 is 0.684 bits per heavy atom. The second-order valence-electron chi connectivity index (χ2n) is 5.48. The summed E-state index contributed by atoms with van der Waals surface area (Å²) in [7, 11) is -2.83. The van der Waals surface area contributed by atoms with Crippen molar-refractivity contribution in [1.29, 1.82) is 0 Å². The molecule has 0 saturated carbocycles. The predicted molar refractivity (Wildman–Crippen MR) is 84.2 cm³/mol. The fourth-order valence-corrected chi connectivity index (χ4v) is 3.67. The van der Waals surface area contributed by atoms with Crippen LogP contribution in [-0.4, -0.2) is 26.5 Å². The second-order valence-corrected chi connectivity index (χ2v) is 7.78. The zero-order valence-corrected chi connectivity index (χ0v) is 13.5. The summed E-state index contributed by atoms with van der Waals surface area (Å²) in [5.41, 5.74) is 5.32. The average molecular weight is 292 g/mol. The van der Waals surface area contributed by atoms with Gasteiger partial charge in [-0.3, -0.25) is 0 Å². The quantitative estimate of drug-likeness (QED) is 0.497. The second kappa shape index (κ2) is 12.9. The van der Waals surface area contributed by atoms with Crippen molar-refractivity contribution >= 4 is 9.84 Å². The van der Waals surface area contributed by atoms with Gasteiger partial charge in [0, 0.05) is 0 Å². The highest BCUT2D eigenvalue weighted by Gasteiger charge is 2.08. The number of rotatable bonds is 14. The largest absolute Gasteiger partial charge is 0.330 e. The number of hydrogen-bond donors (Lipinski definition) is 1. The van der Waals surface area contributed by atoms with Gasteiger partial charge in [-0.1, -0.05) is 64.7 Å². The summed E-state index contributed by atoms with van der Waals surface area (Å²) in [6.45, 7) is 2.71. The van der Waals surface area contributed by atoms with Crippen molar-refractivity contribution < 1.29 is 8.42 Å². The molecule has 0 unspecified atom stereocenters. The highest BCUT2D eigenvalue weighted by Crippen LogP contribution is 2.11. The number of unbranched alkanes of at least 4 members (excludes halogenated alkanes) is 9. The minimum Gasteiger partial charge on any atom is -0.330 e. The molecule has 0 heterocycles. The molecule has 0 aromatic heterocycles. The molecule has 0 rings (SSSR count). The van der Waals surface area contributed by atoms with Gasteiger partial charge in [-0.05, 0) is 19.4 Å². The molecule has 0 aliphatic carbocycles. The molecule has 0 atom stereocenters. The Hall–Kier alpha value is -0.0900. The van der Waals surface area contributed by atoms with Crippen molar-refractivity contribution in [3.05, 3.63) is 0 Å². The van der Waals surface area contributed by atoms with Crippen molar-refractivity contribution in [2.24, 2.45) is 5.73 Å². The Labute approximate surface area is 120 Å². The van der Waals surface area contributed by atoms with Crippen LogP contribution in [-0.2, 0) is 9.84 Å². The van der Waals surface area contributed by atoms with Crippen LogP contribution in [0.15, 0.2) is 0 Å². The van der Waals surface area contributed by atoms with E-state index in [-0.39, 0.29) is 5.75 Å². The molecule has 0 saturated heterocycles. The van der Waals surface area contributed by atoms with Crippen molar-refractivity contribution in [3.8, 4) is 0 Å². The fourth-order valence-electron chi connectivity index (χ4n) is 2.21. The lowest BCUT2D eigenvalue weighted by atomic mass is 10.1. The Balaban J connectivity index is 3.26. The van der Waals surface area contributed by atoms with Crippen molar-refractivity contribution in [3.63, 3.8) is 0 Å². The molecular weight excluding hydrogens is 258 g/mol. The summed E-state index contributed by atoms with van der Waals surface area (Å²) in [6.07, 6.45) is 13.0. The highest BCUT2D eigenvalue weighted by atomic mass is 32.2. The highest BCUT2D eigenvalue weighted by molar-refractivity contribution is 7.91. The summed E-state index contributed by atoms with van der Waals surface area (Å²) in [5, 5.41) is 0. The zero-order chi connectivity index (χ0) is 14.4. The van der Waals surface area contributed by atoms with E-state index in [0.717, 1.165) is 12.8 Å².